The fraction of sp³-hybridized carbons (Fsp3) is 0.727. The predicted octanol–water partition coefficient (Wildman–Crippen LogP) is 3.54. The van der Waals surface area contributed by atoms with E-state index in [0.717, 1.165) is 5.92 Å². The van der Waals surface area contributed by atoms with E-state index in [2.05, 4.69) is 32.2 Å². The van der Waals surface area contributed by atoms with Crippen molar-refractivity contribution in [1.29, 1.82) is 0 Å². The molecule has 0 N–H and O–H groups in total. The van der Waals surface area contributed by atoms with Crippen LogP contribution in [0.1, 0.15) is 39.5 Å². The Kier molecular flexibility index (Phi) is 2.57. The topological polar surface area (TPSA) is 0 Å². The molecule has 0 saturated heterocycles. The molecular formula is C11H18. The van der Waals surface area contributed by atoms with Crippen LogP contribution in [0.15, 0.2) is 18.4 Å². The molecule has 0 radical (unpaired) electrons. The largest absolute Gasteiger partial charge is 0.132 e. The maximum absolute atomic E-state index is 3.64. The van der Waals surface area contributed by atoms with E-state index >= 15 is 0 Å². The van der Waals surface area contributed by atoms with Gasteiger partial charge in [0.1, 0.15) is 0 Å². The highest BCUT2D eigenvalue weighted by atomic mass is 14.3. The van der Waals surface area contributed by atoms with Crippen LogP contribution in [-0.4, -0.2) is 0 Å². The quantitative estimate of drug-likeness (QED) is 0.501. The molecule has 1 saturated carbocycles. The Morgan fingerprint density at radius 2 is 2.36 bits per heavy atom. The van der Waals surface area contributed by atoms with E-state index in [1.54, 1.807) is 0 Å². The molecule has 0 amide bonds. The lowest BCUT2D eigenvalue weighted by molar-refractivity contribution is 0.224. The molecule has 0 aromatic heterocycles. The van der Waals surface area contributed by atoms with E-state index < -0.39 is 0 Å². The van der Waals surface area contributed by atoms with Gasteiger partial charge in [0.25, 0.3) is 0 Å². The summed E-state index contributed by atoms with van der Waals surface area (Å²) in [6.45, 7) is 8.31. The van der Waals surface area contributed by atoms with Crippen molar-refractivity contribution in [3.8, 4) is 0 Å². The van der Waals surface area contributed by atoms with Crippen LogP contribution in [-0.2, 0) is 0 Å². The van der Waals surface area contributed by atoms with Crippen molar-refractivity contribution >= 4 is 0 Å². The third-order valence-electron chi connectivity index (χ3n) is 2.71. The van der Waals surface area contributed by atoms with Crippen molar-refractivity contribution in [3.05, 3.63) is 18.4 Å². The van der Waals surface area contributed by atoms with E-state index in [1.807, 2.05) is 0 Å². The Hall–Kier alpha value is -0.480. The summed E-state index contributed by atoms with van der Waals surface area (Å²) in [6.07, 6.45) is 7.56. The molecule has 0 heterocycles. The third-order valence-corrected chi connectivity index (χ3v) is 2.71. The zero-order valence-corrected chi connectivity index (χ0v) is 7.69. The van der Waals surface area contributed by atoms with Gasteiger partial charge in [-0.2, -0.15) is 0 Å². The fourth-order valence-corrected chi connectivity index (χ4v) is 2.23. The van der Waals surface area contributed by atoms with E-state index in [1.165, 1.54) is 25.7 Å². The van der Waals surface area contributed by atoms with Gasteiger partial charge in [-0.05, 0) is 30.3 Å². The first-order valence-electron chi connectivity index (χ1n) is 4.53. The van der Waals surface area contributed by atoms with Crippen LogP contribution < -0.4 is 0 Å². The van der Waals surface area contributed by atoms with Crippen molar-refractivity contribution in [2.45, 2.75) is 39.5 Å². The number of hydrogen-bond donors (Lipinski definition) is 0. The van der Waals surface area contributed by atoms with Gasteiger partial charge in [0.15, 0.2) is 0 Å². The maximum atomic E-state index is 3.64. The monoisotopic (exact) mass is 150 g/mol. The molecule has 0 aromatic rings. The summed E-state index contributed by atoms with van der Waals surface area (Å²) in [5.41, 5.74) is 3.33. The number of hydrogen-bond acceptors (Lipinski definition) is 0. The predicted molar refractivity (Wildman–Crippen MR) is 49.4 cm³/mol. The van der Waals surface area contributed by atoms with Gasteiger partial charge in [0.05, 0.1) is 0 Å². The van der Waals surface area contributed by atoms with Gasteiger partial charge in [-0.3, -0.25) is 0 Å². The number of rotatable bonds is 1. The van der Waals surface area contributed by atoms with E-state index in [0.29, 0.717) is 5.41 Å². The van der Waals surface area contributed by atoms with Crippen LogP contribution in [0, 0.1) is 11.3 Å². The molecular weight excluding hydrogens is 132 g/mol. The molecule has 0 bridgehead atoms. The van der Waals surface area contributed by atoms with Crippen molar-refractivity contribution in [2.24, 2.45) is 11.3 Å². The maximum Gasteiger partial charge on any atom is -0.00684 e. The summed E-state index contributed by atoms with van der Waals surface area (Å²) in [5, 5.41) is 0. The highest BCUT2D eigenvalue weighted by molar-refractivity contribution is 4.97. The van der Waals surface area contributed by atoms with Gasteiger partial charge in [0.2, 0.25) is 0 Å². The molecule has 1 aliphatic carbocycles. The van der Waals surface area contributed by atoms with Gasteiger partial charge in [-0.25, -0.2) is 0 Å². The SMILES string of the molecule is C=C=CC1(C)CCCC(C)C1. The summed E-state index contributed by atoms with van der Waals surface area (Å²) in [4.78, 5) is 0. The summed E-state index contributed by atoms with van der Waals surface area (Å²) < 4.78 is 0. The Morgan fingerprint density at radius 3 is 2.91 bits per heavy atom. The zero-order valence-electron chi connectivity index (χ0n) is 7.69. The zero-order chi connectivity index (χ0) is 8.32. The lowest BCUT2D eigenvalue weighted by atomic mass is 9.71. The van der Waals surface area contributed by atoms with Crippen LogP contribution in [0.3, 0.4) is 0 Å². The van der Waals surface area contributed by atoms with Gasteiger partial charge < -0.3 is 0 Å². The second-order valence-electron chi connectivity index (χ2n) is 4.20. The molecule has 0 aliphatic heterocycles. The molecule has 1 rings (SSSR count). The normalized spacial score (nSPS) is 37.8. The summed E-state index contributed by atoms with van der Waals surface area (Å²) >= 11 is 0. The van der Waals surface area contributed by atoms with Crippen molar-refractivity contribution < 1.29 is 0 Å². The summed E-state index contributed by atoms with van der Waals surface area (Å²) in [6, 6.07) is 0. The first-order chi connectivity index (χ1) is 5.16. The first-order valence-corrected chi connectivity index (χ1v) is 4.53. The molecule has 0 heteroatoms. The fourth-order valence-electron chi connectivity index (χ4n) is 2.23. The van der Waals surface area contributed by atoms with E-state index in [9.17, 15) is 0 Å². The highest BCUT2D eigenvalue weighted by Gasteiger charge is 2.27. The third kappa shape index (κ3) is 2.24. The minimum absolute atomic E-state index is 0.402. The van der Waals surface area contributed by atoms with E-state index in [4.69, 9.17) is 0 Å². The van der Waals surface area contributed by atoms with Crippen LogP contribution in [0.4, 0.5) is 0 Å². The highest BCUT2D eigenvalue weighted by Crippen LogP contribution is 2.39. The second-order valence-corrected chi connectivity index (χ2v) is 4.20. The van der Waals surface area contributed by atoms with Crippen LogP contribution in [0.5, 0.6) is 0 Å². The minimum Gasteiger partial charge on any atom is -0.132 e. The molecule has 0 nitrogen and oxygen atoms in total. The van der Waals surface area contributed by atoms with Crippen LogP contribution >= 0.6 is 0 Å². The van der Waals surface area contributed by atoms with E-state index in [-0.39, 0.29) is 0 Å². The molecule has 0 aromatic carbocycles. The standard InChI is InChI=1S/C11H18/c1-4-7-11(3)8-5-6-10(2)9-11/h7,10H,1,5-6,8-9H2,2-3H3. The lowest BCUT2D eigenvalue weighted by Crippen LogP contribution is -2.21. The Labute approximate surface area is 70.0 Å². The van der Waals surface area contributed by atoms with Gasteiger partial charge in [0, 0.05) is 0 Å². The molecule has 1 fully saturated rings. The minimum atomic E-state index is 0.402. The molecule has 2 unspecified atom stereocenters. The van der Waals surface area contributed by atoms with Crippen molar-refractivity contribution in [1.82, 2.24) is 0 Å². The lowest BCUT2D eigenvalue weighted by Gasteiger charge is -2.33. The van der Waals surface area contributed by atoms with Crippen molar-refractivity contribution in [3.63, 3.8) is 0 Å². The Morgan fingerprint density at radius 1 is 1.64 bits per heavy atom. The number of allylic oxidation sites excluding steroid dienone is 1. The van der Waals surface area contributed by atoms with Crippen LogP contribution in [0.25, 0.3) is 0 Å². The Bertz CT molecular complexity index is 174. The summed E-state index contributed by atoms with van der Waals surface area (Å²) in [7, 11) is 0. The summed E-state index contributed by atoms with van der Waals surface area (Å²) in [5.74, 6) is 0.887. The Balaban J connectivity index is 2.62. The molecule has 62 valence electrons. The first kappa shape index (κ1) is 8.62. The average molecular weight is 150 g/mol. The van der Waals surface area contributed by atoms with Crippen LogP contribution in [0.2, 0.25) is 0 Å². The van der Waals surface area contributed by atoms with Gasteiger partial charge in [-0.15, -0.1) is 5.73 Å². The second kappa shape index (κ2) is 3.28. The molecule has 11 heavy (non-hydrogen) atoms. The molecule has 0 spiro atoms. The van der Waals surface area contributed by atoms with Gasteiger partial charge in [-0.1, -0.05) is 33.3 Å². The van der Waals surface area contributed by atoms with Gasteiger partial charge >= 0.3 is 0 Å². The average Bonchev–Trinajstić information content (AvgIpc) is 1.86. The molecule has 2 atom stereocenters. The molecule has 1 aliphatic rings. The smallest absolute Gasteiger partial charge is 0.00684 e. The van der Waals surface area contributed by atoms with Crippen molar-refractivity contribution in [2.75, 3.05) is 0 Å².